The van der Waals surface area contributed by atoms with E-state index in [0.29, 0.717) is 64.3 Å². The number of hydrogen-bond donors (Lipinski definition) is 8. The van der Waals surface area contributed by atoms with E-state index in [-0.39, 0.29) is 49.4 Å². The maximum absolute atomic E-state index is 14.0. The highest BCUT2D eigenvalue weighted by Crippen LogP contribution is 2.70. The van der Waals surface area contributed by atoms with Crippen LogP contribution in [0.25, 0.3) is 0 Å². The lowest BCUT2D eigenvalue weighted by molar-refractivity contribution is -0.201. The van der Waals surface area contributed by atoms with Gasteiger partial charge in [-0.3, -0.25) is 33.6 Å². The number of allylic oxidation sites excluding steroid dienone is 4. The van der Waals surface area contributed by atoms with Crippen molar-refractivity contribution in [1.82, 2.24) is 21.3 Å². The number of amides is 4. The van der Waals surface area contributed by atoms with Gasteiger partial charge in [-0.05, 0) is 113 Å². The van der Waals surface area contributed by atoms with Crippen LogP contribution >= 0.6 is 0 Å². The molecule has 7 fully saturated rings. The summed E-state index contributed by atoms with van der Waals surface area (Å²) in [6, 6.07) is 5.77. The third-order valence-corrected chi connectivity index (χ3v) is 17.1. The number of aliphatic hydroxyl groups excluding tert-OH is 2. The number of ketones is 2. The Hall–Kier alpha value is -4.85. The highest BCUT2D eigenvalue weighted by molar-refractivity contribution is 6.01. The summed E-state index contributed by atoms with van der Waals surface area (Å²) in [5.41, 5.74) is 4.37. The number of aliphatic carboxylic acids is 1. The van der Waals surface area contributed by atoms with Crippen molar-refractivity contribution in [3.63, 3.8) is 0 Å². The molecule has 0 aromatic heterocycles. The second-order valence-corrected chi connectivity index (χ2v) is 21.3. The smallest absolute Gasteiger partial charge is 0.303 e. The van der Waals surface area contributed by atoms with Crippen molar-refractivity contribution >= 4 is 41.2 Å². The number of carboxylic acids is 1. The van der Waals surface area contributed by atoms with E-state index in [2.05, 4.69) is 28.2 Å². The van der Waals surface area contributed by atoms with E-state index < -0.39 is 107 Å². The number of nitrogens with two attached hydrogens (primary N) is 1. The number of carboxylic acid groups (broad SMARTS) is 1. The topological polar surface area (TPSA) is 282 Å². The van der Waals surface area contributed by atoms with Crippen LogP contribution in [-0.2, 0) is 54.2 Å². The van der Waals surface area contributed by atoms with Crippen LogP contribution in [0.15, 0.2) is 48.1 Å². The third-order valence-electron chi connectivity index (χ3n) is 17.1. The number of aliphatic hydroxyl groups is 2. The van der Waals surface area contributed by atoms with Gasteiger partial charge in [0.05, 0.1) is 36.5 Å². The van der Waals surface area contributed by atoms with Gasteiger partial charge in [0.25, 0.3) is 0 Å². The second kappa shape index (κ2) is 19.7. The normalized spacial score (nSPS) is 35.9. The lowest BCUT2D eigenvalue weighted by atomic mass is 9.46. The van der Waals surface area contributed by atoms with Crippen molar-refractivity contribution in [1.29, 1.82) is 0 Å². The Kier molecular flexibility index (Phi) is 14.5. The molecule has 0 radical (unpaired) electrons. The molecule has 9 rings (SSSR count). The molecule has 18 heteroatoms. The maximum Gasteiger partial charge on any atom is 0.303 e. The number of carbonyl (C=O) groups is 7. The molecule has 18 nitrogen and oxygen atoms in total. The average Bonchev–Trinajstić information content (AvgIpc) is 3.82. The highest BCUT2D eigenvalue weighted by Gasteiger charge is 2.76. The first-order chi connectivity index (χ1) is 32.8. The zero-order valence-corrected chi connectivity index (χ0v) is 39.9. The minimum absolute atomic E-state index is 0.0180. The largest absolute Gasteiger partial charge is 0.481 e. The summed E-state index contributed by atoms with van der Waals surface area (Å²) in [5, 5.41) is 42.5. The molecule has 69 heavy (non-hydrogen) atoms. The van der Waals surface area contributed by atoms with E-state index in [1.54, 1.807) is 12.2 Å². The summed E-state index contributed by atoms with van der Waals surface area (Å²) in [6.45, 7) is 4.85. The fraction of sp³-hybridized carbons (Fsp3) is 0.667. The van der Waals surface area contributed by atoms with Gasteiger partial charge in [0.2, 0.25) is 23.6 Å². The fourth-order valence-corrected chi connectivity index (χ4v) is 13.6. The van der Waals surface area contributed by atoms with Gasteiger partial charge in [-0.15, -0.1) is 0 Å². The molecule has 3 saturated heterocycles. The average molecular weight is 960 g/mol. The van der Waals surface area contributed by atoms with Gasteiger partial charge in [0.15, 0.2) is 23.5 Å². The van der Waals surface area contributed by atoms with Gasteiger partial charge in [0.1, 0.15) is 18.7 Å². The summed E-state index contributed by atoms with van der Waals surface area (Å²) in [7, 11) is 0. The minimum atomic E-state index is -1.46. The fourth-order valence-electron chi connectivity index (χ4n) is 13.6. The summed E-state index contributed by atoms with van der Waals surface area (Å²) < 4.78 is 20.0. The molecule has 2 bridgehead atoms. The van der Waals surface area contributed by atoms with Gasteiger partial charge in [-0.1, -0.05) is 49.8 Å². The van der Waals surface area contributed by atoms with Crippen molar-refractivity contribution in [3.8, 4) is 0 Å². The van der Waals surface area contributed by atoms with Gasteiger partial charge < -0.3 is 56.5 Å². The molecule has 4 saturated carbocycles. The van der Waals surface area contributed by atoms with Crippen LogP contribution in [0, 0.1) is 28.6 Å². The number of carbonyl (C=O) groups excluding carboxylic acids is 6. The summed E-state index contributed by atoms with van der Waals surface area (Å²) >= 11 is 0. The van der Waals surface area contributed by atoms with Crippen molar-refractivity contribution in [2.24, 2.45) is 34.3 Å². The summed E-state index contributed by atoms with van der Waals surface area (Å²) in [6.07, 6.45) is 9.39. The Labute approximate surface area is 402 Å². The van der Waals surface area contributed by atoms with Gasteiger partial charge in [-0.2, -0.15) is 0 Å². The van der Waals surface area contributed by atoms with Crippen LogP contribution in [-0.4, -0.2) is 124 Å². The van der Waals surface area contributed by atoms with Crippen LogP contribution in [0.4, 0.5) is 0 Å². The zero-order valence-electron chi connectivity index (χ0n) is 39.9. The molecule has 1 aromatic rings. The highest BCUT2D eigenvalue weighted by atomic mass is 16.7. The predicted octanol–water partition coefficient (Wildman–Crippen LogP) is 2.13. The first-order valence-electron chi connectivity index (χ1n) is 24.7. The van der Waals surface area contributed by atoms with E-state index in [9.17, 15) is 48.9 Å². The van der Waals surface area contributed by atoms with E-state index in [1.807, 2.05) is 37.3 Å². The molecule has 3 aliphatic heterocycles. The standard InChI is InChI=1S/C51H69N5O13/c1-29(58)54-36(6-4-5-21-52)44(65)53-26-41(62)55-37(13-14-42(63)64)45(66)56-49-17-19-50(20-18-49,67-28-49)24-30-7-9-31(10-8-30)46-68-40-23-35-34-12-11-32-22-33(59)15-16-47(32,2)43(34)38(60)25-48(35,3)51(40,69-46)39(61)27-57/h7-10,15-16,22,34-38,40,43,46,57,60H,4-6,11-14,17-21,23-28,52H2,1-3H3,(H,53,65)(H,54,58)(H,55,62)(H,56,66)(H,63,64)/t34-,35-,36-,37-,38-,40+,43+,46+,47-,48-,49?,50?,51+/m0/s1. The molecule has 5 aliphatic carbocycles. The van der Waals surface area contributed by atoms with Crippen molar-refractivity contribution < 1.29 is 63.1 Å². The molecule has 4 amide bonds. The number of hydrogen-bond acceptors (Lipinski definition) is 13. The Balaban J connectivity index is 0.870. The third kappa shape index (κ3) is 9.56. The summed E-state index contributed by atoms with van der Waals surface area (Å²) in [5.74, 6) is -3.93. The number of fused-ring (bicyclic) bond motifs is 10. The van der Waals surface area contributed by atoms with Crippen molar-refractivity contribution in [2.75, 3.05) is 26.3 Å². The number of rotatable bonds is 19. The van der Waals surface area contributed by atoms with Crippen molar-refractivity contribution in [2.45, 2.75) is 158 Å². The molecule has 1 aromatic carbocycles. The van der Waals surface area contributed by atoms with Crippen LogP contribution in [0.5, 0.6) is 0 Å². The number of benzene rings is 1. The summed E-state index contributed by atoms with van der Waals surface area (Å²) in [4.78, 5) is 89.1. The SMILES string of the molecule is CC(=O)N[C@@H](CCCCN)C(=O)NCC(=O)N[C@@H](CCC(=O)O)C(=O)NC12CCC(Cc3ccc([C@@H]4O[C@@H]5C[C@H]6[C@@H]7CCC8=CC(=O)C=C[C@]8(C)[C@H]7[C@@H](O)C[C@]6(C)[C@]5(C(=O)CO)O4)cc3)(CC1)OC2. The predicted molar refractivity (Wildman–Crippen MR) is 247 cm³/mol. The molecule has 11 atom stereocenters. The van der Waals surface area contributed by atoms with Crippen LogP contribution in [0.2, 0.25) is 0 Å². The number of nitrogens with one attached hydrogen (secondary N) is 4. The van der Waals surface area contributed by atoms with E-state index in [4.69, 9.17) is 19.9 Å². The van der Waals surface area contributed by atoms with E-state index in [0.717, 1.165) is 29.5 Å². The molecule has 0 unspecified atom stereocenters. The Morgan fingerprint density at radius 1 is 0.957 bits per heavy atom. The second-order valence-electron chi connectivity index (χ2n) is 21.3. The van der Waals surface area contributed by atoms with Gasteiger partial charge in [0, 0.05) is 42.1 Å². The zero-order chi connectivity index (χ0) is 49.5. The number of unbranched alkanes of at least 4 members (excludes halogenated alkanes) is 1. The molecule has 376 valence electrons. The number of ether oxygens (including phenoxy) is 3. The van der Waals surface area contributed by atoms with Crippen molar-refractivity contribution in [3.05, 3.63) is 59.2 Å². The van der Waals surface area contributed by atoms with E-state index in [1.165, 1.54) is 6.92 Å². The molecule has 8 aliphatic rings. The molecule has 0 spiro atoms. The Morgan fingerprint density at radius 3 is 2.33 bits per heavy atom. The van der Waals surface area contributed by atoms with E-state index >= 15 is 0 Å². The number of Topliss-reactive ketones (excluding diaryl/α,β-unsaturated/α-hetero) is 1. The Bertz CT molecular complexity index is 2240. The molecule has 3 heterocycles. The van der Waals surface area contributed by atoms with Crippen LogP contribution < -0.4 is 27.0 Å². The molecular weight excluding hydrogens is 891 g/mol. The molecular formula is C51H69N5O13. The van der Waals surface area contributed by atoms with Crippen LogP contribution in [0.1, 0.15) is 122 Å². The monoisotopic (exact) mass is 959 g/mol. The van der Waals surface area contributed by atoms with Gasteiger partial charge in [-0.25, -0.2) is 0 Å². The van der Waals surface area contributed by atoms with Gasteiger partial charge >= 0.3 is 5.97 Å². The Morgan fingerprint density at radius 2 is 1.68 bits per heavy atom. The van der Waals surface area contributed by atoms with Crippen LogP contribution in [0.3, 0.4) is 0 Å². The lowest BCUT2D eigenvalue weighted by Gasteiger charge is -2.59. The minimum Gasteiger partial charge on any atom is -0.481 e. The maximum atomic E-state index is 14.0. The first kappa shape index (κ1) is 50.5. The molecule has 9 N–H and O–H groups in total. The first-order valence-corrected chi connectivity index (χ1v) is 24.7. The quantitative estimate of drug-likeness (QED) is 0.0923. The lowest BCUT2D eigenvalue weighted by Crippen LogP contribution is -2.65.